The molecule has 2 aromatic heterocycles. The van der Waals surface area contributed by atoms with Crippen molar-refractivity contribution in [3.05, 3.63) is 78.2 Å². The van der Waals surface area contributed by atoms with Crippen LogP contribution < -0.4 is 10.6 Å². The molecule has 3 aromatic rings. The van der Waals surface area contributed by atoms with Crippen LogP contribution in [0.3, 0.4) is 0 Å². The van der Waals surface area contributed by atoms with Crippen LogP contribution in [0.2, 0.25) is 0 Å². The lowest BCUT2D eigenvalue weighted by molar-refractivity contribution is -0.384. The van der Waals surface area contributed by atoms with Crippen LogP contribution in [0.5, 0.6) is 0 Å². The number of nitrogens with zero attached hydrogens (tertiary/aromatic N) is 1. The lowest BCUT2D eigenvalue weighted by Gasteiger charge is -2.08. The van der Waals surface area contributed by atoms with E-state index in [1.165, 1.54) is 40.9 Å². The number of aliphatic hydroxyl groups excluding tert-OH is 1. The molecule has 1 aromatic carbocycles. The first-order valence-corrected chi connectivity index (χ1v) is 10.2. The van der Waals surface area contributed by atoms with Gasteiger partial charge >= 0.3 is 11.8 Å². The minimum Gasteiger partial charge on any atom is -0.383 e. The van der Waals surface area contributed by atoms with Crippen LogP contribution in [0, 0.1) is 17.0 Å². The highest BCUT2D eigenvalue weighted by Gasteiger charge is 2.18. The van der Waals surface area contributed by atoms with E-state index in [-0.39, 0.29) is 17.9 Å². The van der Waals surface area contributed by atoms with Crippen LogP contribution in [-0.2, 0) is 16.1 Å². The molecule has 1 unspecified atom stereocenters. The summed E-state index contributed by atoms with van der Waals surface area (Å²) in [6.45, 7) is 1.80. The molecule has 2 amide bonds. The zero-order valence-corrected chi connectivity index (χ0v) is 16.9. The third kappa shape index (κ3) is 5.05. The number of amides is 2. The number of aliphatic hydroxyl groups is 1. The Bertz CT molecular complexity index is 1050. The Morgan fingerprint density at radius 1 is 1.21 bits per heavy atom. The van der Waals surface area contributed by atoms with Crippen molar-refractivity contribution in [1.29, 1.82) is 0 Å². The molecule has 3 N–H and O–H groups in total. The number of nitro benzene ring substituents is 1. The second-order valence-corrected chi connectivity index (χ2v) is 8.14. The van der Waals surface area contributed by atoms with Crippen molar-refractivity contribution < 1.29 is 19.6 Å². The summed E-state index contributed by atoms with van der Waals surface area (Å²) < 4.78 is 0. The van der Waals surface area contributed by atoms with Gasteiger partial charge in [-0.1, -0.05) is 6.07 Å². The minimum absolute atomic E-state index is 0.126. The lowest BCUT2D eigenvalue weighted by atomic mass is 10.2. The second-order valence-electron chi connectivity index (χ2n) is 6.16. The summed E-state index contributed by atoms with van der Waals surface area (Å²) in [5.74, 6) is -1.77. The van der Waals surface area contributed by atoms with Crippen LogP contribution >= 0.6 is 22.7 Å². The lowest BCUT2D eigenvalue weighted by Crippen LogP contribution is -2.34. The Hall–Kier alpha value is -3.08. The molecule has 0 saturated heterocycles. The first-order chi connectivity index (χ1) is 13.8. The number of thiophene rings is 2. The van der Waals surface area contributed by atoms with Crippen LogP contribution in [0.15, 0.2) is 47.2 Å². The van der Waals surface area contributed by atoms with Crippen molar-refractivity contribution in [1.82, 2.24) is 5.32 Å². The monoisotopic (exact) mass is 431 g/mol. The average molecular weight is 431 g/mol. The maximum Gasteiger partial charge on any atom is 0.313 e. The standard InChI is InChI=1S/C19H17N3O5S2/c1-11-2-3-13(22(26)27)8-15(11)21-19(25)18(24)20-9-14-4-5-16(29-14)17(23)12-6-7-28-10-12/h2-8,10,17,23H,9H2,1H3,(H,20,24)(H,21,25). The highest BCUT2D eigenvalue weighted by atomic mass is 32.1. The predicted molar refractivity (Wildman–Crippen MR) is 111 cm³/mol. The number of aryl methyl sites for hydroxylation is 1. The number of hydrogen-bond donors (Lipinski definition) is 3. The largest absolute Gasteiger partial charge is 0.383 e. The van der Waals surface area contributed by atoms with E-state index in [9.17, 15) is 24.8 Å². The van der Waals surface area contributed by atoms with Crippen molar-refractivity contribution in [2.24, 2.45) is 0 Å². The normalized spacial score (nSPS) is 11.7. The van der Waals surface area contributed by atoms with E-state index in [0.29, 0.717) is 5.56 Å². The van der Waals surface area contributed by atoms with Gasteiger partial charge in [-0.3, -0.25) is 19.7 Å². The van der Waals surface area contributed by atoms with E-state index >= 15 is 0 Å². The Balaban J connectivity index is 1.58. The van der Waals surface area contributed by atoms with Gasteiger partial charge in [-0.2, -0.15) is 11.3 Å². The molecule has 2 heterocycles. The van der Waals surface area contributed by atoms with E-state index in [0.717, 1.165) is 15.3 Å². The molecule has 29 heavy (non-hydrogen) atoms. The summed E-state index contributed by atoms with van der Waals surface area (Å²) in [4.78, 5) is 36.0. The fraction of sp³-hybridized carbons (Fsp3) is 0.158. The number of rotatable bonds is 6. The Kier molecular flexibility index (Phi) is 6.37. The van der Waals surface area contributed by atoms with Crippen LogP contribution in [0.1, 0.15) is 27.0 Å². The third-order valence-electron chi connectivity index (χ3n) is 4.12. The molecule has 0 aliphatic carbocycles. The molecular formula is C19H17N3O5S2. The topological polar surface area (TPSA) is 122 Å². The zero-order valence-electron chi connectivity index (χ0n) is 15.2. The molecule has 0 aliphatic rings. The molecule has 0 fully saturated rings. The van der Waals surface area contributed by atoms with Crippen LogP contribution in [0.25, 0.3) is 0 Å². The molecule has 0 bridgehead atoms. The van der Waals surface area contributed by atoms with Crippen molar-refractivity contribution in [2.75, 3.05) is 5.32 Å². The van der Waals surface area contributed by atoms with Gasteiger partial charge in [-0.05, 0) is 47.0 Å². The van der Waals surface area contributed by atoms with Crippen LogP contribution in [-0.4, -0.2) is 21.8 Å². The van der Waals surface area contributed by atoms with Crippen LogP contribution in [0.4, 0.5) is 11.4 Å². The SMILES string of the molecule is Cc1ccc([N+](=O)[O-])cc1NC(=O)C(=O)NCc1ccc(C(O)c2ccsc2)s1. The van der Waals surface area contributed by atoms with Gasteiger partial charge in [-0.25, -0.2) is 0 Å². The van der Waals surface area contributed by atoms with E-state index in [2.05, 4.69) is 10.6 Å². The molecule has 1 atom stereocenters. The molecule has 10 heteroatoms. The number of nitro groups is 1. The maximum absolute atomic E-state index is 12.1. The van der Waals surface area contributed by atoms with E-state index in [1.807, 2.05) is 16.8 Å². The number of anilines is 1. The van der Waals surface area contributed by atoms with Crippen molar-refractivity contribution >= 4 is 45.9 Å². The Morgan fingerprint density at radius 2 is 2.00 bits per heavy atom. The molecule has 0 radical (unpaired) electrons. The van der Waals surface area contributed by atoms with Gasteiger partial charge in [0, 0.05) is 21.9 Å². The first kappa shape index (κ1) is 20.6. The first-order valence-electron chi connectivity index (χ1n) is 8.48. The summed E-state index contributed by atoms with van der Waals surface area (Å²) in [6, 6.07) is 9.43. The van der Waals surface area contributed by atoms with Gasteiger partial charge in [0.1, 0.15) is 6.10 Å². The zero-order chi connectivity index (χ0) is 21.0. The van der Waals surface area contributed by atoms with Gasteiger partial charge in [0.15, 0.2) is 0 Å². The van der Waals surface area contributed by atoms with Crippen molar-refractivity contribution in [2.45, 2.75) is 19.6 Å². The molecule has 8 nitrogen and oxygen atoms in total. The van der Waals surface area contributed by atoms with Gasteiger partial charge in [-0.15, -0.1) is 11.3 Å². The summed E-state index contributed by atoms with van der Waals surface area (Å²) in [7, 11) is 0. The number of nitrogens with one attached hydrogen (secondary N) is 2. The van der Waals surface area contributed by atoms with Crippen molar-refractivity contribution in [3.8, 4) is 0 Å². The summed E-state index contributed by atoms with van der Waals surface area (Å²) in [5.41, 5.74) is 1.43. The molecule has 0 spiro atoms. The number of hydrogen-bond acceptors (Lipinski definition) is 7. The van der Waals surface area contributed by atoms with E-state index < -0.39 is 22.8 Å². The maximum atomic E-state index is 12.1. The molecule has 0 aliphatic heterocycles. The van der Waals surface area contributed by atoms with Gasteiger partial charge in [0.25, 0.3) is 5.69 Å². The predicted octanol–water partition coefficient (Wildman–Crippen LogP) is 3.36. The van der Waals surface area contributed by atoms with E-state index in [1.54, 1.807) is 19.1 Å². The molecule has 150 valence electrons. The number of benzene rings is 1. The Morgan fingerprint density at radius 3 is 2.69 bits per heavy atom. The smallest absolute Gasteiger partial charge is 0.313 e. The summed E-state index contributed by atoms with van der Waals surface area (Å²) in [5, 5.41) is 29.8. The minimum atomic E-state index is -0.913. The number of non-ortho nitro benzene ring substituents is 1. The van der Waals surface area contributed by atoms with Gasteiger partial charge < -0.3 is 15.7 Å². The summed E-state index contributed by atoms with van der Waals surface area (Å²) >= 11 is 2.83. The molecular weight excluding hydrogens is 414 g/mol. The summed E-state index contributed by atoms with van der Waals surface area (Å²) in [6.07, 6.45) is -0.726. The molecule has 3 rings (SSSR count). The third-order valence-corrected chi connectivity index (χ3v) is 5.96. The average Bonchev–Trinajstić information content (AvgIpc) is 3.39. The highest BCUT2D eigenvalue weighted by Crippen LogP contribution is 2.29. The quantitative estimate of drug-likeness (QED) is 0.314. The van der Waals surface area contributed by atoms with Gasteiger partial charge in [0.2, 0.25) is 0 Å². The van der Waals surface area contributed by atoms with E-state index in [4.69, 9.17) is 0 Å². The van der Waals surface area contributed by atoms with Gasteiger partial charge in [0.05, 0.1) is 17.2 Å². The fourth-order valence-corrected chi connectivity index (χ4v) is 4.16. The number of carbonyl (C=O) groups excluding carboxylic acids is 2. The molecule has 0 saturated carbocycles. The van der Waals surface area contributed by atoms with Crippen molar-refractivity contribution in [3.63, 3.8) is 0 Å². The fourth-order valence-electron chi connectivity index (χ4n) is 2.52. The number of carbonyl (C=O) groups is 2. The Labute approximate surface area is 174 Å². The highest BCUT2D eigenvalue weighted by molar-refractivity contribution is 7.12. The second kappa shape index (κ2) is 8.95.